The fraction of sp³-hybridized carbons (Fsp3) is 0.333. The van der Waals surface area contributed by atoms with Crippen LogP contribution in [-0.2, 0) is 0 Å². The summed E-state index contributed by atoms with van der Waals surface area (Å²) in [7, 11) is 0. The third kappa shape index (κ3) is 3.37. The molecule has 1 amide bonds. The molecule has 23 heavy (non-hydrogen) atoms. The summed E-state index contributed by atoms with van der Waals surface area (Å²) >= 11 is 0. The molecule has 2 aromatic rings. The normalized spacial score (nSPS) is 17.8. The molecule has 1 aliphatic heterocycles. The minimum atomic E-state index is -0.395. The van der Waals surface area contributed by atoms with E-state index in [0.717, 1.165) is 31.6 Å². The molecule has 1 atom stereocenters. The predicted molar refractivity (Wildman–Crippen MR) is 86.8 cm³/mol. The number of nitrogens with two attached hydrogens (primary N) is 1. The maximum absolute atomic E-state index is 12.4. The molecular weight excluding hydrogens is 294 g/mol. The van der Waals surface area contributed by atoms with Crippen molar-refractivity contribution in [1.82, 2.24) is 15.0 Å². The van der Waals surface area contributed by atoms with Crippen LogP contribution in [-0.4, -0.2) is 40.0 Å². The van der Waals surface area contributed by atoms with Crippen LogP contribution in [0.5, 0.6) is 0 Å². The van der Waals surface area contributed by atoms with Gasteiger partial charge in [0.1, 0.15) is 6.04 Å². The number of carbonyl (C=O) groups excluding carboxylic acids is 1. The molecule has 3 rings (SSSR count). The van der Waals surface area contributed by atoms with Crippen molar-refractivity contribution in [2.24, 2.45) is 0 Å². The van der Waals surface area contributed by atoms with E-state index in [1.165, 1.54) is 12.4 Å². The van der Waals surface area contributed by atoms with Gasteiger partial charge in [0.2, 0.25) is 0 Å². The van der Waals surface area contributed by atoms with Crippen molar-refractivity contribution in [3.05, 3.63) is 36.5 Å². The van der Waals surface area contributed by atoms with Crippen molar-refractivity contribution in [2.45, 2.75) is 18.9 Å². The summed E-state index contributed by atoms with van der Waals surface area (Å²) in [5.41, 5.74) is 11.5. The smallest absolute Gasteiger partial charge is 0.278 e. The monoisotopic (exact) mass is 314 g/mol. The van der Waals surface area contributed by atoms with Gasteiger partial charge in [-0.15, -0.1) is 0 Å². The van der Waals surface area contributed by atoms with Crippen LogP contribution in [0.1, 0.15) is 23.3 Å². The zero-order valence-electron chi connectivity index (χ0n) is 12.8. The third-order valence-electron chi connectivity index (χ3n) is 3.85. The number of quaternary nitrogens is 1. The van der Waals surface area contributed by atoms with Gasteiger partial charge < -0.3 is 21.7 Å². The number of nitrogen functional groups attached to an aromatic ring is 1. The van der Waals surface area contributed by atoms with E-state index in [-0.39, 0.29) is 11.5 Å². The molecule has 0 saturated carbocycles. The summed E-state index contributed by atoms with van der Waals surface area (Å²) in [4.78, 5) is 26.6. The van der Waals surface area contributed by atoms with E-state index in [1.807, 2.05) is 6.07 Å². The Balaban J connectivity index is 1.83. The molecular formula is C15H20N7O+. The molecule has 8 nitrogen and oxygen atoms in total. The lowest BCUT2D eigenvalue weighted by atomic mass is 10.1. The van der Waals surface area contributed by atoms with Gasteiger partial charge in [-0.25, -0.2) is 9.97 Å². The minimum absolute atomic E-state index is 0.103. The first kappa shape index (κ1) is 15.2. The molecule has 0 radical (unpaired) electrons. The summed E-state index contributed by atoms with van der Waals surface area (Å²) in [5, 5.41) is 2.83. The summed E-state index contributed by atoms with van der Waals surface area (Å²) < 4.78 is 0. The molecule has 0 bridgehead atoms. The van der Waals surface area contributed by atoms with Gasteiger partial charge in [-0.1, -0.05) is 0 Å². The van der Waals surface area contributed by atoms with E-state index >= 15 is 0 Å². The maximum atomic E-state index is 12.4. The van der Waals surface area contributed by atoms with Crippen LogP contribution in [0.15, 0.2) is 30.9 Å². The quantitative estimate of drug-likeness (QED) is 0.727. The highest BCUT2D eigenvalue weighted by Gasteiger charge is 2.22. The van der Waals surface area contributed by atoms with Gasteiger partial charge in [-0.2, -0.15) is 0 Å². The molecule has 0 spiro atoms. The average molecular weight is 314 g/mol. The summed E-state index contributed by atoms with van der Waals surface area (Å²) in [6, 6.07) is 2.28. The van der Waals surface area contributed by atoms with E-state index in [4.69, 9.17) is 5.73 Å². The second kappa shape index (κ2) is 6.57. The largest absolute Gasteiger partial charge is 0.382 e. The second-order valence-corrected chi connectivity index (χ2v) is 5.59. The summed E-state index contributed by atoms with van der Waals surface area (Å²) in [5.74, 6) is -0.292. The zero-order valence-corrected chi connectivity index (χ0v) is 12.8. The van der Waals surface area contributed by atoms with E-state index in [9.17, 15) is 4.79 Å². The Kier molecular flexibility index (Phi) is 4.33. The van der Waals surface area contributed by atoms with Crippen molar-refractivity contribution in [1.29, 1.82) is 0 Å². The molecule has 1 saturated heterocycles. The highest BCUT2D eigenvalue weighted by atomic mass is 16.1. The number of pyridine rings is 1. The van der Waals surface area contributed by atoms with E-state index in [0.29, 0.717) is 11.7 Å². The molecule has 0 aromatic carbocycles. The topological polar surface area (TPSA) is 125 Å². The molecule has 3 heterocycles. The third-order valence-corrected chi connectivity index (χ3v) is 3.85. The van der Waals surface area contributed by atoms with Crippen molar-refractivity contribution in [3.63, 3.8) is 0 Å². The van der Waals surface area contributed by atoms with E-state index in [1.54, 1.807) is 12.4 Å². The number of anilines is 3. The van der Waals surface area contributed by atoms with Gasteiger partial charge in [0, 0.05) is 31.6 Å². The number of carbonyl (C=O) groups is 1. The van der Waals surface area contributed by atoms with Crippen LogP contribution in [0.3, 0.4) is 0 Å². The Morgan fingerprint density at radius 2 is 2.17 bits per heavy atom. The van der Waals surface area contributed by atoms with E-state index < -0.39 is 5.91 Å². The first-order valence-electron chi connectivity index (χ1n) is 7.55. The molecule has 0 unspecified atom stereocenters. The number of nitrogens with zero attached hydrogens (tertiary/aromatic N) is 4. The molecule has 1 fully saturated rings. The number of rotatable bonds is 3. The van der Waals surface area contributed by atoms with Crippen LogP contribution in [0.4, 0.5) is 17.2 Å². The van der Waals surface area contributed by atoms with Gasteiger partial charge in [-0.05, 0) is 12.5 Å². The van der Waals surface area contributed by atoms with Crippen LogP contribution in [0.2, 0.25) is 0 Å². The lowest BCUT2D eigenvalue weighted by Gasteiger charge is -2.32. The average Bonchev–Trinajstić information content (AvgIpc) is 2.55. The standard InChI is InChI=1S/C15H19N7O/c16-10-2-1-7-22(9-10)12-3-4-18-8-11(12)21-15(23)13-14(17)20-6-5-19-13/h3-6,8,10H,1-2,7,9,16H2,(H2,17,20)(H,21,23)/p+1/t10-/m0/s1. The molecule has 1 aliphatic rings. The summed E-state index contributed by atoms with van der Waals surface area (Å²) in [6.45, 7) is 1.80. The molecule has 8 heteroatoms. The lowest BCUT2D eigenvalue weighted by molar-refractivity contribution is -0.419. The van der Waals surface area contributed by atoms with Crippen molar-refractivity contribution in [3.8, 4) is 0 Å². The van der Waals surface area contributed by atoms with Crippen molar-refractivity contribution in [2.75, 3.05) is 29.0 Å². The Labute approximate surface area is 133 Å². The number of piperidine rings is 1. The number of nitrogens with one attached hydrogen (secondary N) is 1. The SMILES string of the molecule is Nc1nccnc1C(=O)Nc1cnccc1N1CCC[C@H]([NH3+])C1. The first-order valence-corrected chi connectivity index (χ1v) is 7.55. The summed E-state index contributed by atoms with van der Waals surface area (Å²) in [6.07, 6.45) is 8.44. The molecule has 2 aromatic heterocycles. The predicted octanol–water partition coefficient (Wildman–Crippen LogP) is -0.0832. The van der Waals surface area contributed by atoms with E-state index in [2.05, 4.69) is 30.9 Å². The van der Waals surface area contributed by atoms with Crippen LogP contribution >= 0.6 is 0 Å². The Morgan fingerprint density at radius 3 is 2.96 bits per heavy atom. The van der Waals surface area contributed by atoms with Gasteiger partial charge >= 0.3 is 0 Å². The Hall–Kier alpha value is -2.74. The van der Waals surface area contributed by atoms with Gasteiger partial charge in [0.05, 0.1) is 24.1 Å². The molecule has 6 N–H and O–H groups in total. The number of amides is 1. The van der Waals surface area contributed by atoms with Gasteiger partial charge in [-0.3, -0.25) is 9.78 Å². The van der Waals surface area contributed by atoms with Crippen LogP contribution in [0, 0.1) is 0 Å². The number of aromatic nitrogens is 3. The van der Waals surface area contributed by atoms with Gasteiger partial charge in [0.15, 0.2) is 11.5 Å². The van der Waals surface area contributed by atoms with Gasteiger partial charge in [0.25, 0.3) is 5.91 Å². The molecule has 0 aliphatic carbocycles. The highest BCUT2D eigenvalue weighted by Crippen LogP contribution is 2.27. The molecule has 120 valence electrons. The lowest BCUT2D eigenvalue weighted by Crippen LogP contribution is -2.67. The van der Waals surface area contributed by atoms with Crippen LogP contribution in [0.25, 0.3) is 0 Å². The maximum Gasteiger partial charge on any atom is 0.278 e. The number of hydrogen-bond donors (Lipinski definition) is 3. The Morgan fingerprint density at radius 1 is 1.35 bits per heavy atom. The fourth-order valence-corrected chi connectivity index (χ4v) is 2.75. The Bertz CT molecular complexity index is 706. The zero-order chi connectivity index (χ0) is 16.2. The fourth-order valence-electron chi connectivity index (χ4n) is 2.75. The van der Waals surface area contributed by atoms with Crippen molar-refractivity contribution < 1.29 is 10.5 Å². The second-order valence-electron chi connectivity index (χ2n) is 5.59. The highest BCUT2D eigenvalue weighted by molar-refractivity contribution is 6.07. The van der Waals surface area contributed by atoms with Crippen molar-refractivity contribution >= 4 is 23.1 Å². The van der Waals surface area contributed by atoms with Crippen LogP contribution < -0.4 is 21.7 Å². The number of hydrogen-bond acceptors (Lipinski definition) is 6. The first-order chi connectivity index (χ1) is 11.1. The minimum Gasteiger partial charge on any atom is -0.382 e.